The molecule has 1 aromatic rings. The number of nitrogens with one attached hydrogen (secondary N) is 1. The van der Waals surface area contributed by atoms with E-state index < -0.39 is 6.04 Å². The van der Waals surface area contributed by atoms with Crippen LogP contribution in [0.3, 0.4) is 0 Å². The Balaban J connectivity index is 1.82. The Morgan fingerprint density at radius 2 is 2.07 bits per heavy atom. The van der Waals surface area contributed by atoms with E-state index in [-0.39, 0.29) is 35.7 Å². The summed E-state index contributed by atoms with van der Waals surface area (Å²) >= 11 is 1.37. The summed E-state index contributed by atoms with van der Waals surface area (Å²) < 4.78 is 0. The standard InChI is InChI=1S/C19H28N4O3S/c1-12(2)18(25)23(13-5-6-13)14-10-15(17(24)21-8-7-20)22(11-14)19(26)16-4-3-9-27-16/h3-4,9,12-15H,5-8,10-11,20H2,1-2H3,(H,21,24). The smallest absolute Gasteiger partial charge is 0.264 e. The van der Waals surface area contributed by atoms with Gasteiger partial charge in [0.25, 0.3) is 5.91 Å². The van der Waals surface area contributed by atoms with Crippen molar-refractivity contribution >= 4 is 29.1 Å². The third-order valence-electron chi connectivity index (χ3n) is 5.10. The quantitative estimate of drug-likeness (QED) is 0.725. The van der Waals surface area contributed by atoms with Gasteiger partial charge < -0.3 is 20.9 Å². The summed E-state index contributed by atoms with van der Waals surface area (Å²) in [7, 11) is 0. The number of carbonyl (C=O) groups excluding carboxylic acids is 3. The zero-order chi connectivity index (χ0) is 19.6. The van der Waals surface area contributed by atoms with Gasteiger partial charge in [0, 0.05) is 31.6 Å². The maximum absolute atomic E-state index is 13.0. The molecule has 0 bridgehead atoms. The molecule has 3 amide bonds. The Morgan fingerprint density at radius 1 is 1.33 bits per heavy atom. The molecule has 0 aromatic carbocycles. The van der Waals surface area contributed by atoms with Gasteiger partial charge in [0.05, 0.1) is 10.9 Å². The molecule has 2 aliphatic rings. The highest BCUT2D eigenvalue weighted by molar-refractivity contribution is 7.12. The molecule has 2 heterocycles. The van der Waals surface area contributed by atoms with Crippen LogP contribution in [-0.2, 0) is 9.59 Å². The highest BCUT2D eigenvalue weighted by atomic mass is 32.1. The number of rotatable bonds is 7. The Bertz CT molecular complexity index is 687. The number of nitrogens with two attached hydrogens (primary N) is 1. The molecule has 0 radical (unpaired) electrons. The van der Waals surface area contributed by atoms with E-state index in [1.807, 2.05) is 30.2 Å². The van der Waals surface area contributed by atoms with Crippen LogP contribution in [0, 0.1) is 5.92 Å². The summed E-state index contributed by atoms with van der Waals surface area (Å²) in [6.45, 7) is 4.91. The SMILES string of the molecule is CC(C)C(=O)N(C1CC1)C1CC(C(=O)NCCN)N(C(=O)c2cccs2)C1. The lowest BCUT2D eigenvalue weighted by Crippen LogP contribution is -2.47. The van der Waals surface area contributed by atoms with Gasteiger partial charge in [-0.15, -0.1) is 11.3 Å². The second kappa shape index (κ2) is 8.39. The van der Waals surface area contributed by atoms with Gasteiger partial charge in [-0.25, -0.2) is 0 Å². The van der Waals surface area contributed by atoms with Crippen LogP contribution >= 0.6 is 11.3 Å². The molecule has 148 valence electrons. The number of nitrogens with zero attached hydrogens (tertiary/aromatic N) is 2. The lowest BCUT2D eigenvalue weighted by atomic mass is 10.1. The van der Waals surface area contributed by atoms with E-state index >= 15 is 0 Å². The molecule has 2 fully saturated rings. The van der Waals surface area contributed by atoms with Crippen molar-refractivity contribution in [3.8, 4) is 0 Å². The van der Waals surface area contributed by atoms with Crippen LogP contribution in [0.15, 0.2) is 17.5 Å². The van der Waals surface area contributed by atoms with E-state index in [0.717, 1.165) is 12.8 Å². The highest BCUT2D eigenvalue weighted by Gasteiger charge is 2.47. The second-order valence-corrected chi connectivity index (χ2v) is 8.50. The Kier molecular flexibility index (Phi) is 6.16. The predicted molar refractivity (Wildman–Crippen MR) is 104 cm³/mol. The zero-order valence-electron chi connectivity index (χ0n) is 15.9. The molecule has 8 heteroatoms. The molecule has 1 saturated carbocycles. The number of hydrogen-bond donors (Lipinski definition) is 2. The van der Waals surface area contributed by atoms with Crippen LogP contribution in [0.1, 0.15) is 42.8 Å². The summed E-state index contributed by atoms with van der Waals surface area (Å²) in [6, 6.07) is 3.15. The number of hydrogen-bond acceptors (Lipinski definition) is 5. The summed E-state index contributed by atoms with van der Waals surface area (Å²) in [5.74, 6) is -0.333. The van der Waals surface area contributed by atoms with E-state index in [2.05, 4.69) is 5.32 Å². The first-order valence-corrected chi connectivity index (χ1v) is 10.5. The predicted octanol–water partition coefficient (Wildman–Crippen LogP) is 1.05. The molecule has 1 aliphatic carbocycles. The average molecular weight is 393 g/mol. The van der Waals surface area contributed by atoms with E-state index in [0.29, 0.717) is 30.9 Å². The zero-order valence-corrected chi connectivity index (χ0v) is 16.7. The molecular formula is C19H28N4O3S. The van der Waals surface area contributed by atoms with Gasteiger partial charge in [0.1, 0.15) is 6.04 Å². The molecule has 2 unspecified atom stereocenters. The highest BCUT2D eigenvalue weighted by Crippen LogP contribution is 2.35. The van der Waals surface area contributed by atoms with Crippen molar-refractivity contribution < 1.29 is 14.4 Å². The van der Waals surface area contributed by atoms with Crippen LogP contribution in [0.25, 0.3) is 0 Å². The minimum Gasteiger partial charge on any atom is -0.353 e. The van der Waals surface area contributed by atoms with Crippen LogP contribution in [0.4, 0.5) is 0 Å². The minimum absolute atomic E-state index is 0.0998. The van der Waals surface area contributed by atoms with Gasteiger partial charge in [0.2, 0.25) is 11.8 Å². The van der Waals surface area contributed by atoms with Crippen LogP contribution in [0.5, 0.6) is 0 Å². The van der Waals surface area contributed by atoms with Gasteiger partial charge in [-0.2, -0.15) is 0 Å². The number of carbonyl (C=O) groups is 3. The molecular weight excluding hydrogens is 364 g/mol. The molecule has 0 spiro atoms. The fourth-order valence-electron chi connectivity index (χ4n) is 3.65. The monoisotopic (exact) mass is 392 g/mol. The van der Waals surface area contributed by atoms with Crippen LogP contribution in [0.2, 0.25) is 0 Å². The van der Waals surface area contributed by atoms with E-state index in [9.17, 15) is 14.4 Å². The largest absolute Gasteiger partial charge is 0.353 e. The van der Waals surface area contributed by atoms with Gasteiger partial charge in [0.15, 0.2) is 0 Å². The molecule has 1 saturated heterocycles. The summed E-state index contributed by atoms with van der Waals surface area (Å²) in [6.07, 6.45) is 2.47. The first-order chi connectivity index (χ1) is 12.9. The Morgan fingerprint density at radius 3 is 2.63 bits per heavy atom. The molecule has 2 atom stereocenters. The maximum atomic E-state index is 13.0. The average Bonchev–Trinajstić information content (AvgIpc) is 3.15. The summed E-state index contributed by atoms with van der Waals surface area (Å²) in [4.78, 5) is 42.6. The van der Waals surface area contributed by atoms with Crippen molar-refractivity contribution in [2.24, 2.45) is 11.7 Å². The Hall–Kier alpha value is -1.93. The summed E-state index contributed by atoms with van der Waals surface area (Å²) in [5, 5.41) is 4.65. The van der Waals surface area contributed by atoms with E-state index in [1.165, 1.54) is 11.3 Å². The van der Waals surface area contributed by atoms with Gasteiger partial charge in [-0.05, 0) is 30.7 Å². The molecule has 1 aromatic heterocycles. The Labute approximate surface area is 163 Å². The molecule has 3 N–H and O–H groups in total. The van der Waals surface area contributed by atoms with Gasteiger partial charge >= 0.3 is 0 Å². The lowest BCUT2D eigenvalue weighted by molar-refractivity contribution is -0.137. The molecule has 27 heavy (non-hydrogen) atoms. The normalized spacial score (nSPS) is 22.1. The topological polar surface area (TPSA) is 95.7 Å². The van der Waals surface area contributed by atoms with E-state index in [1.54, 1.807) is 11.0 Å². The van der Waals surface area contributed by atoms with Gasteiger partial charge in [-0.1, -0.05) is 19.9 Å². The minimum atomic E-state index is -0.572. The molecule has 3 rings (SSSR count). The third kappa shape index (κ3) is 4.32. The first-order valence-electron chi connectivity index (χ1n) is 9.58. The van der Waals surface area contributed by atoms with Crippen LogP contribution in [-0.4, -0.2) is 65.3 Å². The first kappa shape index (κ1) is 19.8. The van der Waals surface area contributed by atoms with Crippen molar-refractivity contribution in [1.29, 1.82) is 0 Å². The number of thiophene rings is 1. The van der Waals surface area contributed by atoms with Crippen molar-refractivity contribution in [3.05, 3.63) is 22.4 Å². The van der Waals surface area contributed by atoms with Crippen LogP contribution < -0.4 is 11.1 Å². The summed E-state index contributed by atoms with van der Waals surface area (Å²) in [5.41, 5.74) is 5.50. The lowest BCUT2D eigenvalue weighted by Gasteiger charge is -2.30. The maximum Gasteiger partial charge on any atom is 0.264 e. The van der Waals surface area contributed by atoms with Crippen molar-refractivity contribution in [2.75, 3.05) is 19.6 Å². The fourth-order valence-corrected chi connectivity index (χ4v) is 4.33. The third-order valence-corrected chi connectivity index (χ3v) is 5.96. The number of amides is 3. The number of likely N-dealkylation sites (tertiary alicyclic amines) is 1. The van der Waals surface area contributed by atoms with Gasteiger partial charge in [-0.3, -0.25) is 14.4 Å². The van der Waals surface area contributed by atoms with Crippen molar-refractivity contribution in [2.45, 2.75) is 51.2 Å². The fraction of sp³-hybridized carbons (Fsp3) is 0.632. The van der Waals surface area contributed by atoms with Crippen molar-refractivity contribution in [3.63, 3.8) is 0 Å². The second-order valence-electron chi connectivity index (χ2n) is 7.55. The van der Waals surface area contributed by atoms with E-state index in [4.69, 9.17) is 5.73 Å². The molecule has 1 aliphatic heterocycles. The van der Waals surface area contributed by atoms with Crippen molar-refractivity contribution in [1.82, 2.24) is 15.1 Å². The molecule has 7 nitrogen and oxygen atoms in total.